The molecule has 98 valence electrons. The second-order valence-electron chi connectivity index (χ2n) is 2.93. The second kappa shape index (κ2) is 4.31. The van der Waals surface area contributed by atoms with Crippen LogP contribution in [0.2, 0.25) is 0 Å². The number of pyridine rings is 1. The summed E-state index contributed by atoms with van der Waals surface area (Å²) in [6, 6.07) is 1.91. The number of rotatable bonds is 2. The Morgan fingerprint density at radius 2 is 2.00 bits per heavy atom. The number of nitrogen functional groups attached to an aromatic ring is 1. The Balaban J connectivity index is 3.50. The molecule has 11 heteroatoms. The van der Waals surface area contributed by atoms with Gasteiger partial charge in [-0.15, -0.1) is 13.2 Å². The zero-order valence-corrected chi connectivity index (χ0v) is 9.21. The van der Waals surface area contributed by atoms with Crippen LogP contribution in [0.3, 0.4) is 0 Å². The molecule has 0 amide bonds. The lowest BCUT2D eigenvalue weighted by molar-refractivity contribution is -0.274. The number of nitrogens with zero attached hydrogens (tertiary/aromatic N) is 2. The normalized spacial score (nSPS) is 11.9. The average Bonchev–Trinajstić information content (AvgIpc) is 2.17. The summed E-state index contributed by atoms with van der Waals surface area (Å²) in [4.78, 5) is 3.21. The minimum Gasteiger partial charge on any atom is -0.403 e. The van der Waals surface area contributed by atoms with Gasteiger partial charge in [0.05, 0.1) is 0 Å². The number of ether oxygens (including phenoxy) is 1. The molecule has 7 nitrogen and oxygen atoms in total. The Labute approximate surface area is 98.8 Å². The molecule has 0 spiro atoms. The highest BCUT2D eigenvalue weighted by Crippen LogP contribution is 2.32. The Morgan fingerprint density at radius 3 is 2.39 bits per heavy atom. The van der Waals surface area contributed by atoms with Gasteiger partial charge in [0.25, 0.3) is 10.0 Å². The Morgan fingerprint density at radius 1 is 1.44 bits per heavy atom. The summed E-state index contributed by atoms with van der Waals surface area (Å²) >= 11 is 0. The van der Waals surface area contributed by atoms with Gasteiger partial charge >= 0.3 is 6.36 Å². The van der Waals surface area contributed by atoms with E-state index < -0.39 is 38.5 Å². The van der Waals surface area contributed by atoms with Gasteiger partial charge in [-0.25, -0.2) is 18.5 Å². The standard InChI is InChI=1S/C7H5F3N4O3S/c8-7(9,10)17-4-1-3(2-11)14-6(5(4)12)18(13,15)16/h1H,12H2,(H2,13,15,16). The first-order valence-corrected chi connectivity index (χ1v) is 5.58. The van der Waals surface area contributed by atoms with Crippen molar-refractivity contribution in [2.45, 2.75) is 11.4 Å². The van der Waals surface area contributed by atoms with Gasteiger partial charge in [0.15, 0.2) is 10.8 Å². The molecule has 0 fully saturated rings. The number of primary sulfonamides is 1. The van der Waals surface area contributed by atoms with Crippen LogP contribution in [0.5, 0.6) is 5.75 Å². The second-order valence-corrected chi connectivity index (χ2v) is 4.41. The van der Waals surface area contributed by atoms with Gasteiger partial charge in [-0.2, -0.15) is 5.26 Å². The van der Waals surface area contributed by atoms with Crippen LogP contribution in [0, 0.1) is 11.3 Å². The summed E-state index contributed by atoms with van der Waals surface area (Å²) in [5.41, 5.74) is 3.59. The molecule has 0 aliphatic heterocycles. The fourth-order valence-corrected chi connectivity index (χ4v) is 1.63. The third kappa shape index (κ3) is 3.22. The smallest absolute Gasteiger partial charge is 0.403 e. The average molecular weight is 282 g/mol. The van der Waals surface area contributed by atoms with Crippen LogP contribution in [-0.4, -0.2) is 19.8 Å². The Bertz CT molecular complexity index is 620. The fourth-order valence-electron chi connectivity index (χ4n) is 0.992. The van der Waals surface area contributed by atoms with Crippen molar-refractivity contribution in [2.24, 2.45) is 5.14 Å². The first-order chi connectivity index (χ1) is 8.04. The van der Waals surface area contributed by atoms with Gasteiger partial charge in [0.2, 0.25) is 0 Å². The number of sulfonamides is 1. The van der Waals surface area contributed by atoms with E-state index in [9.17, 15) is 21.6 Å². The number of nitriles is 1. The first-order valence-electron chi connectivity index (χ1n) is 4.04. The Hall–Kier alpha value is -2.06. The Kier molecular flexibility index (Phi) is 3.36. The maximum Gasteiger partial charge on any atom is 0.573 e. The van der Waals surface area contributed by atoms with Gasteiger partial charge in [-0.05, 0) is 0 Å². The lowest BCUT2D eigenvalue weighted by Gasteiger charge is -2.12. The summed E-state index contributed by atoms with van der Waals surface area (Å²) in [6.45, 7) is 0. The lowest BCUT2D eigenvalue weighted by atomic mass is 10.3. The third-order valence-electron chi connectivity index (χ3n) is 1.60. The molecule has 0 aliphatic carbocycles. The molecule has 18 heavy (non-hydrogen) atoms. The van der Waals surface area contributed by atoms with Crippen LogP contribution in [0.4, 0.5) is 18.9 Å². The zero-order valence-electron chi connectivity index (χ0n) is 8.39. The van der Waals surface area contributed by atoms with Crippen LogP contribution in [0.1, 0.15) is 5.69 Å². The number of hydrogen-bond acceptors (Lipinski definition) is 6. The molecule has 0 saturated carbocycles. The van der Waals surface area contributed by atoms with E-state index in [1.807, 2.05) is 0 Å². The number of halogens is 3. The summed E-state index contributed by atoms with van der Waals surface area (Å²) < 4.78 is 61.6. The van der Waals surface area contributed by atoms with E-state index in [0.717, 1.165) is 0 Å². The highest BCUT2D eigenvalue weighted by molar-refractivity contribution is 7.89. The minimum atomic E-state index is -5.10. The van der Waals surface area contributed by atoms with E-state index in [-0.39, 0.29) is 0 Å². The molecule has 0 atom stereocenters. The van der Waals surface area contributed by atoms with E-state index in [0.29, 0.717) is 6.07 Å². The van der Waals surface area contributed by atoms with Gasteiger partial charge in [-0.3, -0.25) is 0 Å². The van der Waals surface area contributed by atoms with Crippen molar-refractivity contribution in [3.05, 3.63) is 11.8 Å². The molecule has 1 rings (SSSR count). The van der Waals surface area contributed by atoms with E-state index >= 15 is 0 Å². The quantitative estimate of drug-likeness (QED) is 0.789. The van der Waals surface area contributed by atoms with Crippen LogP contribution in [0.15, 0.2) is 11.1 Å². The predicted molar refractivity (Wildman–Crippen MR) is 51.4 cm³/mol. The molecule has 0 unspecified atom stereocenters. The van der Waals surface area contributed by atoms with Gasteiger partial charge in [-0.1, -0.05) is 0 Å². The number of alkyl halides is 3. The van der Waals surface area contributed by atoms with Gasteiger partial charge in [0, 0.05) is 6.07 Å². The van der Waals surface area contributed by atoms with Crippen LogP contribution >= 0.6 is 0 Å². The zero-order chi connectivity index (χ0) is 14.1. The highest BCUT2D eigenvalue weighted by Gasteiger charge is 2.33. The van der Waals surface area contributed by atoms with Crippen molar-refractivity contribution >= 4 is 15.7 Å². The monoisotopic (exact) mass is 282 g/mol. The molecular formula is C7H5F3N4O3S. The van der Waals surface area contributed by atoms with E-state index in [1.54, 1.807) is 0 Å². The van der Waals surface area contributed by atoms with Crippen molar-refractivity contribution in [3.8, 4) is 11.8 Å². The van der Waals surface area contributed by atoms with Gasteiger partial charge < -0.3 is 10.5 Å². The largest absolute Gasteiger partial charge is 0.573 e. The van der Waals surface area contributed by atoms with E-state index in [2.05, 4.69) is 9.72 Å². The molecular weight excluding hydrogens is 277 g/mol. The molecule has 1 aromatic rings. The third-order valence-corrected chi connectivity index (χ3v) is 2.45. The van der Waals surface area contributed by atoms with Crippen molar-refractivity contribution in [3.63, 3.8) is 0 Å². The lowest BCUT2D eigenvalue weighted by Crippen LogP contribution is -2.21. The molecule has 0 aliphatic rings. The van der Waals surface area contributed by atoms with E-state index in [4.69, 9.17) is 16.1 Å². The minimum absolute atomic E-state index is 0.553. The summed E-state index contributed by atoms with van der Waals surface area (Å²) in [5, 5.41) is 12.2. The molecule has 1 aromatic heterocycles. The first kappa shape index (κ1) is 14.0. The fraction of sp³-hybridized carbons (Fsp3) is 0.143. The van der Waals surface area contributed by atoms with Crippen molar-refractivity contribution in [1.29, 1.82) is 5.26 Å². The number of aromatic nitrogens is 1. The maximum absolute atomic E-state index is 12.0. The number of nitrogens with two attached hydrogens (primary N) is 2. The maximum atomic E-state index is 12.0. The molecule has 4 N–H and O–H groups in total. The summed E-state index contributed by atoms with van der Waals surface area (Å²) in [5.74, 6) is -1.06. The van der Waals surface area contributed by atoms with Gasteiger partial charge in [0.1, 0.15) is 17.5 Å². The SMILES string of the molecule is N#Cc1cc(OC(F)(F)F)c(N)c(S(N)(=O)=O)n1. The van der Waals surface area contributed by atoms with Crippen molar-refractivity contribution in [1.82, 2.24) is 4.98 Å². The molecule has 0 radical (unpaired) electrons. The van der Waals surface area contributed by atoms with Crippen molar-refractivity contribution in [2.75, 3.05) is 5.73 Å². The van der Waals surface area contributed by atoms with E-state index in [1.165, 1.54) is 6.07 Å². The molecule has 1 heterocycles. The summed E-state index contributed by atoms with van der Waals surface area (Å²) in [6.07, 6.45) is -5.10. The predicted octanol–water partition coefficient (Wildman–Crippen LogP) is 0.0815. The molecule has 0 saturated heterocycles. The highest BCUT2D eigenvalue weighted by atomic mass is 32.2. The van der Waals surface area contributed by atoms with Crippen molar-refractivity contribution < 1.29 is 26.3 Å². The summed E-state index contributed by atoms with van der Waals surface area (Å²) in [7, 11) is -4.48. The number of anilines is 1. The van der Waals surface area contributed by atoms with Crippen LogP contribution < -0.4 is 15.6 Å². The molecule has 0 aromatic carbocycles. The number of hydrogen-bond donors (Lipinski definition) is 2. The molecule has 0 bridgehead atoms. The van der Waals surface area contributed by atoms with Crippen LogP contribution in [-0.2, 0) is 10.0 Å². The topological polar surface area (TPSA) is 132 Å². The van der Waals surface area contributed by atoms with Crippen LogP contribution in [0.25, 0.3) is 0 Å².